The summed E-state index contributed by atoms with van der Waals surface area (Å²) in [7, 11) is 0. The van der Waals surface area contributed by atoms with Gasteiger partial charge >= 0.3 is 0 Å². The first-order valence-electron chi connectivity index (χ1n) is 17.5. The van der Waals surface area contributed by atoms with Crippen molar-refractivity contribution in [3.05, 3.63) is 192 Å². The molecule has 7 aromatic carbocycles. The number of para-hydroxylation sites is 6. The van der Waals surface area contributed by atoms with Gasteiger partial charge in [-0.3, -0.25) is 0 Å². The van der Waals surface area contributed by atoms with E-state index in [0.717, 1.165) is 0 Å². The molecule has 2 aromatic heterocycles. The van der Waals surface area contributed by atoms with E-state index in [1.54, 1.807) is 0 Å². The summed E-state index contributed by atoms with van der Waals surface area (Å²) in [6.45, 7) is 2.29. The highest BCUT2D eigenvalue weighted by Crippen LogP contribution is 2.41. The number of nitrogens with zero attached hydrogens (tertiary/aromatic N) is 2. The van der Waals surface area contributed by atoms with Crippen molar-refractivity contribution in [1.29, 1.82) is 0 Å². The van der Waals surface area contributed by atoms with Gasteiger partial charge in [0.2, 0.25) is 0 Å². The van der Waals surface area contributed by atoms with Crippen molar-refractivity contribution in [1.82, 2.24) is 9.13 Å². The van der Waals surface area contributed by atoms with Gasteiger partial charge in [0, 0.05) is 32.7 Å². The molecule has 0 aliphatic rings. The molecule has 0 saturated carbocycles. The summed E-state index contributed by atoms with van der Waals surface area (Å²) in [5.74, 6) is 0.206. The van der Waals surface area contributed by atoms with Crippen LogP contribution in [0.1, 0.15) is 18.4 Å². The average molecular weight is 767 g/mol. The number of hydrogen-bond acceptors (Lipinski definition) is 0. The Morgan fingerprint density at radius 1 is 0.451 bits per heavy atom. The Morgan fingerprint density at radius 3 is 1.24 bits per heavy atom. The minimum Gasteiger partial charge on any atom is -0.309 e. The molecule has 3 heteroatoms. The molecule has 0 aliphatic heterocycles. The van der Waals surface area contributed by atoms with E-state index in [1.807, 2.05) is 4.08 Å². The first kappa shape index (κ1) is 31.3. The molecule has 0 N–H and O–H groups in total. The van der Waals surface area contributed by atoms with Crippen LogP contribution in [0, 0.1) is 0 Å². The number of aromatic nitrogens is 2. The second-order valence-corrected chi connectivity index (χ2v) is 13.8. The second-order valence-electron chi connectivity index (χ2n) is 13.1. The second kappa shape index (κ2) is 13.2. The van der Waals surface area contributed by atoms with Crippen LogP contribution in [0.3, 0.4) is 0 Å². The summed E-state index contributed by atoms with van der Waals surface area (Å²) in [4.78, 5) is 0. The van der Waals surface area contributed by atoms with Gasteiger partial charge in [0.25, 0.3) is 0 Å². The lowest BCUT2D eigenvalue weighted by Crippen LogP contribution is -2.00. The summed E-state index contributed by atoms with van der Waals surface area (Å²) in [6, 6.07) is 59.9. The molecule has 0 saturated heterocycles. The standard InChI is InChI=1S/C48H35IN2/c1-33(16-14-15-29-49)34-30-35(37-17-2-8-23-43(37)50-45-25-10-4-19-39(45)40-20-5-11-26-46(40)50)32-36(31-34)38-18-3-9-24-44(38)51-47-27-12-6-21-41(47)42-22-7-13-28-48(42)51/h2-33H,1H3/b16-14-,29-15-/t33-/m0/s1. The maximum atomic E-state index is 2.44. The van der Waals surface area contributed by atoms with E-state index in [2.05, 4.69) is 221 Å². The van der Waals surface area contributed by atoms with Crippen molar-refractivity contribution in [2.45, 2.75) is 12.8 Å². The molecule has 1 atom stereocenters. The molecule has 9 rings (SSSR count). The van der Waals surface area contributed by atoms with Crippen LogP contribution in [-0.2, 0) is 0 Å². The lowest BCUT2D eigenvalue weighted by molar-refractivity contribution is 0.968. The number of rotatable bonds is 7. The van der Waals surface area contributed by atoms with Gasteiger partial charge in [-0.05, 0) is 69.2 Å². The smallest absolute Gasteiger partial charge is 0.0541 e. The number of halogens is 1. The fraction of sp³-hybridized carbons (Fsp3) is 0.0417. The van der Waals surface area contributed by atoms with Crippen LogP contribution in [0.25, 0.3) is 77.2 Å². The van der Waals surface area contributed by atoms with E-state index in [9.17, 15) is 0 Å². The molecule has 0 radical (unpaired) electrons. The van der Waals surface area contributed by atoms with Crippen molar-refractivity contribution in [3.63, 3.8) is 0 Å². The van der Waals surface area contributed by atoms with E-state index in [0.29, 0.717) is 0 Å². The van der Waals surface area contributed by atoms with Gasteiger partial charge in [-0.1, -0.05) is 169 Å². The highest BCUT2D eigenvalue weighted by atomic mass is 127. The van der Waals surface area contributed by atoms with E-state index >= 15 is 0 Å². The fourth-order valence-corrected chi connectivity index (χ4v) is 8.04. The summed E-state index contributed by atoms with van der Waals surface area (Å²) in [5.41, 5.74) is 13.2. The van der Waals surface area contributed by atoms with Gasteiger partial charge in [0.15, 0.2) is 0 Å². The molecule has 0 spiro atoms. The molecule has 0 fully saturated rings. The normalized spacial score (nSPS) is 12.7. The zero-order chi connectivity index (χ0) is 34.3. The zero-order valence-corrected chi connectivity index (χ0v) is 30.4. The van der Waals surface area contributed by atoms with Crippen molar-refractivity contribution < 1.29 is 0 Å². The number of benzene rings is 7. The van der Waals surface area contributed by atoms with Crippen LogP contribution in [0.2, 0.25) is 0 Å². The van der Waals surface area contributed by atoms with Crippen LogP contribution in [0.4, 0.5) is 0 Å². The zero-order valence-electron chi connectivity index (χ0n) is 28.2. The van der Waals surface area contributed by atoms with Crippen LogP contribution >= 0.6 is 22.6 Å². The SMILES string of the molecule is C[C@@H](/C=C\C=C/I)c1cc(-c2ccccc2-n2c3ccccc3c3ccccc32)cc(-c2ccccc2-n2c3ccccc3c3ccccc32)c1. The minimum absolute atomic E-state index is 0.206. The maximum Gasteiger partial charge on any atom is 0.0541 e. The molecule has 0 amide bonds. The van der Waals surface area contributed by atoms with Gasteiger partial charge in [-0.25, -0.2) is 0 Å². The van der Waals surface area contributed by atoms with Gasteiger partial charge in [-0.15, -0.1) is 0 Å². The molecule has 0 unspecified atom stereocenters. The Hall–Kier alpha value is -5.65. The van der Waals surface area contributed by atoms with Crippen molar-refractivity contribution in [2.75, 3.05) is 0 Å². The van der Waals surface area contributed by atoms with E-state index in [-0.39, 0.29) is 5.92 Å². The van der Waals surface area contributed by atoms with Crippen molar-refractivity contribution in [2.24, 2.45) is 0 Å². The van der Waals surface area contributed by atoms with Crippen molar-refractivity contribution >= 4 is 66.2 Å². The lowest BCUT2D eigenvalue weighted by Gasteiger charge is -2.19. The Balaban J connectivity index is 1.31. The third-order valence-corrected chi connectivity index (χ3v) is 10.6. The summed E-state index contributed by atoms with van der Waals surface area (Å²) >= 11 is 2.28. The molecule has 0 aliphatic carbocycles. The van der Waals surface area contributed by atoms with Crippen LogP contribution in [0.5, 0.6) is 0 Å². The predicted molar refractivity (Wildman–Crippen MR) is 227 cm³/mol. The minimum atomic E-state index is 0.206. The third kappa shape index (κ3) is 5.40. The van der Waals surface area contributed by atoms with E-state index in [1.165, 1.54) is 82.8 Å². The molecule has 244 valence electrons. The van der Waals surface area contributed by atoms with Crippen LogP contribution in [-0.4, -0.2) is 9.13 Å². The molecular formula is C48H35IN2. The topological polar surface area (TPSA) is 9.86 Å². The predicted octanol–water partition coefficient (Wildman–Crippen LogP) is 13.8. The molecule has 0 bridgehead atoms. The van der Waals surface area contributed by atoms with Gasteiger partial charge in [0.05, 0.1) is 33.4 Å². The first-order valence-corrected chi connectivity index (χ1v) is 18.7. The third-order valence-electron chi connectivity index (χ3n) is 10.1. The molecular weight excluding hydrogens is 731 g/mol. The molecule has 2 nitrogen and oxygen atoms in total. The maximum absolute atomic E-state index is 2.44. The quantitative estimate of drug-likeness (QED) is 0.113. The van der Waals surface area contributed by atoms with E-state index in [4.69, 9.17) is 0 Å². The number of hydrogen-bond donors (Lipinski definition) is 0. The van der Waals surface area contributed by atoms with Gasteiger partial charge in [0.1, 0.15) is 0 Å². The summed E-state index contributed by atoms with van der Waals surface area (Å²) in [6.07, 6.45) is 6.54. The Kier molecular flexibility index (Phi) is 8.13. The van der Waals surface area contributed by atoms with Crippen LogP contribution in [0.15, 0.2) is 186 Å². The Labute approximate surface area is 311 Å². The molecule has 2 heterocycles. The number of allylic oxidation sites excluding steroid dienone is 3. The summed E-state index contributed by atoms with van der Waals surface area (Å²) in [5, 5.41) is 5.05. The van der Waals surface area contributed by atoms with Gasteiger partial charge in [-0.2, -0.15) is 0 Å². The Bertz CT molecular complexity index is 2510. The highest BCUT2D eigenvalue weighted by Gasteiger charge is 2.19. The monoisotopic (exact) mass is 766 g/mol. The van der Waals surface area contributed by atoms with Gasteiger partial charge < -0.3 is 9.13 Å². The lowest BCUT2D eigenvalue weighted by atomic mass is 9.90. The Morgan fingerprint density at radius 2 is 0.824 bits per heavy atom. The molecule has 51 heavy (non-hydrogen) atoms. The summed E-state index contributed by atoms with van der Waals surface area (Å²) < 4.78 is 6.92. The van der Waals surface area contributed by atoms with Crippen molar-refractivity contribution in [3.8, 4) is 33.6 Å². The first-order chi connectivity index (χ1) is 25.2. The fourth-order valence-electron chi connectivity index (χ4n) is 7.80. The molecule has 9 aromatic rings. The average Bonchev–Trinajstić information content (AvgIpc) is 3.71. The van der Waals surface area contributed by atoms with E-state index < -0.39 is 0 Å². The largest absolute Gasteiger partial charge is 0.309 e. The van der Waals surface area contributed by atoms with Crippen LogP contribution < -0.4 is 0 Å². The number of fused-ring (bicyclic) bond motifs is 6. The highest BCUT2D eigenvalue weighted by molar-refractivity contribution is 14.1.